The molecule has 84 valence electrons. The second-order valence-corrected chi connectivity index (χ2v) is 6.55. The predicted molar refractivity (Wildman–Crippen MR) is 72.4 cm³/mol. The second-order valence-electron chi connectivity index (χ2n) is 3.22. The minimum Gasteiger partial charge on any atom is -0.352 e. The molecule has 0 spiro atoms. The highest BCUT2D eigenvalue weighted by molar-refractivity contribution is 9.11. The molecule has 0 aliphatic heterocycles. The van der Waals surface area contributed by atoms with Gasteiger partial charge in [0.25, 0.3) is 5.91 Å². The predicted octanol–water partition coefficient (Wildman–Crippen LogP) is 3.54. The molecule has 0 aliphatic rings. The highest BCUT2D eigenvalue weighted by Gasteiger charge is 2.06. The molecule has 2 aromatic rings. The van der Waals surface area contributed by atoms with Crippen LogP contribution in [0.15, 0.2) is 32.7 Å². The Balaban J connectivity index is 1.80. The minimum absolute atomic E-state index is 0.00138. The molecule has 0 radical (unpaired) electrons. The Kier molecular flexibility index (Phi) is 4.15. The van der Waals surface area contributed by atoms with E-state index in [1.807, 2.05) is 22.9 Å². The molecule has 2 aromatic heterocycles. The molecular weight excluding hydrogens is 306 g/mol. The van der Waals surface area contributed by atoms with Crippen molar-refractivity contribution in [2.45, 2.75) is 6.42 Å². The standard InChI is InChI=1S/C11H10BrNOS2/c12-10-6-8(7-16-10)11(14)13-4-3-9-2-1-5-15-9/h1-2,5-7H,3-4H2,(H,13,14). The lowest BCUT2D eigenvalue weighted by molar-refractivity contribution is 0.0954. The largest absolute Gasteiger partial charge is 0.352 e. The summed E-state index contributed by atoms with van der Waals surface area (Å²) in [4.78, 5) is 13.0. The monoisotopic (exact) mass is 315 g/mol. The Bertz CT molecular complexity index is 464. The number of rotatable bonds is 4. The molecule has 0 aliphatic carbocycles. The van der Waals surface area contributed by atoms with Gasteiger partial charge < -0.3 is 5.32 Å². The summed E-state index contributed by atoms with van der Waals surface area (Å²) in [5, 5.41) is 6.80. The van der Waals surface area contributed by atoms with Crippen LogP contribution in [0.2, 0.25) is 0 Å². The summed E-state index contributed by atoms with van der Waals surface area (Å²) in [6, 6.07) is 5.95. The zero-order valence-corrected chi connectivity index (χ0v) is 11.6. The van der Waals surface area contributed by atoms with Crippen LogP contribution in [0.25, 0.3) is 0 Å². The van der Waals surface area contributed by atoms with Crippen LogP contribution in [0.1, 0.15) is 15.2 Å². The smallest absolute Gasteiger partial charge is 0.252 e. The molecule has 1 amide bonds. The van der Waals surface area contributed by atoms with Crippen molar-refractivity contribution in [2.75, 3.05) is 6.54 Å². The number of halogens is 1. The van der Waals surface area contributed by atoms with Crippen molar-refractivity contribution in [3.05, 3.63) is 43.2 Å². The zero-order chi connectivity index (χ0) is 11.4. The van der Waals surface area contributed by atoms with E-state index < -0.39 is 0 Å². The van der Waals surface area contributed by atoms with Crippen LogP contribution in [0, 0.1) is 0 Å². The Morgan fingerprint density at radius 3 is 2.94 bits per heavy atom. The fraction of sp³-hybridized carbons (Fsp3) is 0.182. The molecule has 16 heavy (non-hydrogen) atoms. The van der Waals surface area contributed by atoms with E-state index in [2.05, 4.69) is 27.3 Å². The maximum Gasteiger partial charge on any atom is 0.252 e. The minimum atomic E-state index is -0.00138. The molecule has 2 rings (SSSR count). The molecule has 0 unspecified atom stereocenters. The summed E-state index contributed by atoms with van der Waals surface area (Å²) in [5.74, 6) is -0.00138. The van der Waals surface area contributed by atoms with E-state index in [0.29, 0.717) is 6.54 Å². The van der Waals surface area contributed by atoms with Crippen LogP contribution in [0.5, 0.6) is 0 Å². The third kappa shape index (κ3) is 3.17. The van der Waals surface area contributed by atoms with E-state index >= 15 is 0 Å². The molecule has 0 bridgehead atoms. The lowest BCUT2D eigenvalue weighted by Gasteiger charge is -2.01. The van der Waals surface area contributed by atoms with E-state index in [4.69, 9.17) is 0 Å². The van der Waals surface area contributed by atoms with Gasteiger partial charge in [0.05, 0.1) is 9.35 Å². The third-order valence-corrected chi connectivity index (χ3v) is 4.51. The van der Waals surface area contributed by atoms with Crippen LogP contribution < -0.4 is 5.32 Å². The van der Waals surface area contributed by atoms with Crippen LogP contribution in [0.4, 0.5) is 0 Å². The van der Waals surface area contributed by atoms with Gasteiger partial charge in [-0.3, -0.25) is 4.79 Å². The zero-order valence-electron chi connectivity index (χ0n) is 8.40. The molecule has 5 heteroatoms. The van der Waals surface area contributed by atoms with Gasteiger partial charge >= 0.3 is 0 Å². The number of hydrogen-bond acceptors (Lipinski definition) is 3. The van der Waals surface area contributed by atoms with Crippen molar-refractivity contribution in [2.24, 2.45) is 0 Å². The topological polar surface area (TPSA) is 29.1 Å². The number of amides is 1. The fourth-order valence-electron chi connectivity index (χ4n) is 1.29. The van der Waals surface area contributed by atoms with Crippen molar-refractivity contribution >= 4 is 44.5 Å². The SMILES string of the molecule is O=C(NCCc1cccs1)c1csc(Br)c1. The summed E-state index contributed by atoms with van der Waals surface area (Å²) in [6.45, 7) is 0.687. The first-order valence-corrected chi connectivity index (χ1v) is 7.35. The molecule has 1 N–H and O–H groups in total. The van der Waals surface area contributed by atoms with Crippen LogP contribution in [-0.2, 0) is 6.42 Å². The maximum absolute atomic E-state index is 11.7. The van der Waals surface area contributed by atoms with Gasteiger partial charge in [0.2, 0.25) is 0 Å². The van der Waals surface area contributed by atoms with Gasteiger partial charge in [-0.1, -0.05) is 6.07 Å². The first-order valence-electron chi connectivity index (χ1n) is 4.80. The van der Waals surface area contributed by atoms with Gasteiger partial charge in [0.1, 0.15) is 0 Å². The average molecular weight is 316 g/mol. The summed E-state index contributed by atoms with van der Waals surface area (Å²) >= 11 is 6.58. The Morgan fingerprint density at radius 2 is 2.31 bits per heavy atom. The van der Waals surface area contributed by atoms with E-state index in [-0.39, 0.29) is 5.91 Å². The lowest BCUT2D eigenvalue weighted by atomic mass is 10.3. The Morgan fingerprint density at radius 1 is 1.44 bits per heavy atom. The highest BCUT2D eigenvalue weighted by atomic mass is 79.9. The van der Waals surface area contributed by atoms with Gasteiger partial charge in [-0.05, 0) is 39.9 Å². The molecule has 0 atom stereocenters. The van der Waals surface area contributed by atoms with E-state index in [9.17, 15) is 4.79 Å². The Labute approximate surface area is 110 Å². The van der Waals surface area contributed by atoms with E-state index in [1.165, 1.54) is 16.2 Å². The molecule has 0 saturated carbocycles. The first-order chi connectivity index (χ1) is 7.75. The fourth-order valence-corrected chi connectivity index (χ4v) is 3.13. The number of carbonyl (C=O) groups excluding carboxylic acids is 1. The number of nitrogens with one attached hydrogen (secondary N) is 1. The van der Waals surface area contributed by atoms with Gasteiger partial charge in [0, 0.05) is 16.8 Å². The highest BCUT2D eigenvalue weighted by Crippen LogP contribution is 2.20. The van der Waals surface area contributed by atoms with Crippen molar-refractivity contribution in [3.8, 4) is 0 Å². The normalized spacial score (nSPS) is 10.3. The van der Waals surface area contributed by atoms with Crippen molar-refractivity contribution in [1.82, 2.24) is 5.32 Å². The van der Waals surface area contributed by atoms with Crippen molar-refractivity contribution in [3.63, 3.8) is 0 Å². The van der Waals surface area contributed by atoms with Gasteiger partial charge in [-0.25, -0.2) is 0 Å². The number of thiophene rings is 2. The molecular formula is C11H10BrNOS2. The molecule has 0 aromatic carbocycles. The average Bonchev–Trinajstić information content (AvgIpc) is 2.89. The Hall–Kier alpha value is -0.650. The van der Waals surface area contributed by atoms with E-state index in [0.717, 1.165) is 15.8 Å². The number of carbonyl (C=O) groups is 1. The van der Waals surface area contributed by atoms with Gasteiger partial charge in [0.15, 0.2) is 0 Å². The van der Waals surface area contributed by atoms with Crippen molar-refractivity contribution in [1.29, 1.82) is 0 Å². The maximum atomic E-state index is 11.7. The van der Waals surface area contributed by atoms with Crippen LogP contribution in [-0.4, -0.2) is 12.5 Å². The van der Waals surface area contributed by atoms with Crippen LogP contribution >= 0.6 is 38.6 Å². The lowest BCUT2D eigenvalue weighted by Crippen LogP contribution is -2.24. The van der Waals surface area contributed by atoms with Crippen LogP contribution in [0.3, 0.4) is 0 Å². The summed E-state index contributed by atoms with van der Waals surface area (Å²) in [5.41, 5.74) is 0.725. The molecule has 2 heterocycles. The third-order valence-electron chi connectivity index (χ3n) is 2.07. The molecule has 2 nitrogen and oxygen atoms in total. The quantitative estimate of drug-likeness (QED) is 0.918. The molecule has 0 fully saturated rings. The summed E-state index contributed by atoms with van der Waals surface area (Å²) in [7, 11) is 0. The van der Waals surface area contributed by atoms with Gasteiger partial charge in [-0.2, -0.15) is 0 Å². The van der Waals surface area contributed by atoms with E-state index in [1.54, 1.807) is 11.3 Å². The number of hydrogen-bond donors (Lipinski definition) is 1. The van der Waals surface area contributed by atoms with Gasteiger partial charge in [-0.15, -0.1) is 22.7 Å². The van der Waals surface area contributed by atoms with Crippen molar-refractivity contribution < 1.29 is 4.79 Å². The summed E-state index contributed by atoms with van der Waals surface area (Å²) in [6.07, 6.45) is 0.898. The second kappa shape index (κ2) is 5.61. The molecule has 0 saturated heterocycles. The summed E-state index contributed by atoms with van der Waals surface area (Å²) < 4.78 is 0.982. The first kappa shape index (κ1) is 11.8.